The lowest BCUT2D eigenvalue weighted by atomic mass is 10.1. The van der Waals surface area contributed by atoms with Crippen molar-refractivity contribution in [2.75, 3.05) is 13.2 Å². The fourth-order valence-corrected chi connectivity index (χ4v) is 6.03. The van der Waals surface area contributed by atoms with E-state index in [1.54, 1.807) is 12.1 Å². The summed E-state index contributed by atoms with van der Waals surface area (Å²) in [5.74, 6) is 0.703. The van der Waals surface area contributed by atoms with Gasteiger partial charge in [-0.15, -0.1) is 0 Å². The van der Waals surface area contributed by atoms with E-state index in [2.05, 4.69) is 54.4 Å². The number of carboxylic acid groups (broad SMARTS) is 1. The van der Waals surface area contributed by atoms with E-state index in [-0.39, 0.29) is 5.56 Å². The monoisotopic (exact) mass is 696 g/mol. The first kappa shape index (κ1) is 41.5. The minimum absolute atomic E-state index is 0.226. The van der Waals surface area contributed by atoms with Crippen molar-refractivity contribution in [3.8, 4) is 11.5 Å². The molecule has 3 aromatic rings. The molecule has 278 valence electrons. The second kappa shape index (κ2) is 26.8. The molecule has 6 nitrogen and oxygen atoms in total. The Kier molecular flexibility index (Phi) is 21.8. The van der Waals surface area contributed by atoms with Crippen molar-refractivity contribution in [3.05, 3.63) is 83.4 Å². The lowest BCUT2D eigenvalue weighted by Gasteiger charge is -2.14. The van der Waals surface area contributed by atoms with Crippen molar-refractivity contribution in [2.45, 2.75) is 142 Å². The van der Waals surface area contributed by atoms with Crippen LogP contribution in [0.1, 0.15) is 164 Å². The largest absolute Gasteiger partial charge is 0.490 e. The van der Waals surface area contributed by atoms with Crippen LogP contribution in [0.3, 0.4) is 0 Å². The van der Waals surface area contributed by atoms with Crippen LogP contribution < -0.4 is 9.47 Å². The lowest BCUT2D eigenvalue weighted by molar-refractivity contribution is 0.0697. The first-order valence-electron chi connectivity index (χ1n) is 20.0. The van der Waals surface area contributed by atoms with Crippen molar-refractivity contribution < 1.29 is 19.4 Å². The van der Waals surface area contributed by atoms with E-state index in [9.17, 15) is 4.79 Å². The first-order valence-corrected chi connectivity index (χ1v) is 20.0. The Morgan fingerprint density at radius 1 is 0.510 bits per heavy atom. The Morgan fingerprint density at radius 2 is 0.902 bits per heavy atom. The Labute approximate surface area is 308 Å². The molecule has 0 heterocycles. The summed E-state index contributed by atoms with van der Waals surface area (Å²) < 4.78 is 12.6. The van der Waals surface area contributed by atoms with Crippen molar-refractivity contribution in [1.82, 2.24) is 0 Å². The molecule has 0 amide bonds. The zero-order chi connectivity index (χ0) is 36.2. The van der Waals surface area contributed by atoms with E-state index in [0.29, 0.717) is 12.3 Å². The van der Waals surface area contributed by atoms with Gasteiger partial charge in [0.15, 0.2) is 11.5 Å². The Hall–Kier alpha value is -3.93. The molecule has 0 spiro atoms. The number of nitrogens with zero attached hydrogens (tertiary/aromatic N) is 2. The Balaban J connectivity index is 1.49. The molecule has 3 aromatic carbocycles. The van der Waals surface area contributed by atoms with Gasteiger partial charge in [0, 0.05) is 0 Å². The van der Waals surface area contributed by atoms with Gasteiger partial charge in [0.2, 0.25) is 0 Å². The number of hydrogen-bond acceptors (Lipinski definition) is 5. The third kappa shape index (κ3) is 18.8. The van der Waals surface area contributed by atoms with Crippen LogP contribution in [0.25, 0.3) is 12.2 Å². The van der Waals surface area contributed by atoms with Crippen molar-refractivity contribution in [3.63, 3.8) is 0 Å². The minimum Gasteiger partial charge on any atom is -0.490 e. The molecular weight excluding hydrogens is 633 g/mol. The molecule has 0 radical (unpaired) electrons. The Bertz CT molecular complexity index is 1400. The van der Waals surface area contributed by atoms with Gasteiger partial charge < -0.3 is 14.6 Å². The fourth-order valence-electron chi connectivity index (χ4n) is 6.03. The summed E-state index contributed by atoms with van der Waals surface area (Å²) in [6, 6.07) is 20.4. The molecule has 6 heteroatoms. The van der Waals surface area contributed by atoms with E-state index in [1.165, 1.54) is 128 Å². The van der Waals surface area contributed by atoms with E-state index >= 15 is 0 Å². The summed E-state index contributed by atoms with van der Waals surface area (Å²) in [4.78, 5) is 11.1. The maximum absolute atomic E-state index is 11.1. The highest BCUT2D eigenvalue weighted by molar-refractivity contribution is 5.87. The molecule has 0 unspecified atom stereocenters. The molecule has 0 aliphatic carbocycles. The highest BCUT2D eigenvalue weighted by Gasteiger charge is 2.07. The van der Waals surface area contributed by atoms with Gasteiger partial charge in [0.1, 0.15) is 0 Å². The molecule has 3 rings (SSSR count). The molecule has 1 N–H and O–H groups in total. The SMILES string of the molecule is CCCCCCCCCCCCOc1ccc(/C=C/c2ccc(N=Nc3ccc(C(=O)O)cc3)cc2)cc1OCCCCCCCCCCCC. The summed E-state index contributed by atoms with van der Waals surface area (Å²) in [5.41, 5.74) is 3.67. The van der Waals surface area contributed by atoms with Crippen LogP contribution in [0.2, 0.25) is 0 Å². The normalized spacial score (nSPS) is 11.5. The molecule has 51 heavy (non-hydrogen) atoms. The van der Waals surface area contributed by atoms with E-state index in [4.69, 9.17) is 14.6 Å². The fraction of sp³-hybridized carbons (Fsp3) is 0.533. The highest BCUT2D eigenvalue weighted by Crippen LogP contribution is 2.30. The van der Waals surface area contributed by atoms with Gasteiger partial charge in [-0.3, -0.25) is 0 Å². The molecule has 0 fully saturated rings. The van der Waals surface area contributed by atoms with Gasteiger partial charge in [0.25, 0.3) is 0 Å². The molecule has 0 saturated carbocycles. The average Bonchev–Trinajstić information content (AvgIpc) is 3.15. The molecule has 0 saturated heterocycles. The molecule has 0 aliphatic heterocycles. The van der Waals surface area contributed by atoms with E-state index in [0.717, 1.165) is 47.8 Å². The summed E-state index contributed by atoms with van der Waals surface area (Å²) in [7, 11) is 0. The summed E-state index contributed by atoms with van der Waals surface area (Å²) in [6.07, 6.45) is 30.3. The second-order valence-electron chi connectivity index (χ2n) is 13.7. The summed E-state index contributed by atoms with van der Waals surface area (Å²) in [6.45, 7) is 5.97. The van der Waals surface area contributed by atoms with Crippen LogP contribution in [0.4, 0.5) is 11.4 Å². The average molecular weight is 697 g/mol. The van der Waals surface area contributed by atoms with Crippen LogP contribution in [-0.2, 0) is 0 Å². The standard InChI is InChI=1S/C45H64N2O4/c1-3-5-7-9-11-13-15-17-19-21-35-50-43-34-27-39(37-44(43)51-36-22-20-18-16-14-12-10-8-6-4-2)24-23-38-25-30-41(31-26-38)46-47-42-32-28-40(29-33-42)45(48)49/h23-34,37H,3-22,35-36H2,1-2H3,(H,48,49)/b24-23+,47-46?. The van der Waals surface area contributed by atoms with Crippen molar-refractivity contribution in [2.24, 2.45) is 10.2 Å². The predicted molar refractivity (Wildman–Crippen MR) is 214 cm³/mol. The maximum atomic E-state index is 11.1. The number of hydrogen-bond donors (Lipinski definition) is 1. The van der Waals surface area contributed by atoms with Crippen LogP contribution in [0, 0.1) is 0 Å². The quantitative estimate of drug-likeness (QED) is 0.0445. The highest BCUT2D eigenvalue weighted by atomic mass is 16.5. The number of carbonyl (C=O) groups is 1. The first-order chi connectivity index (χ1) is 25.1. The number of benzene rings is 3. The lowest BCUT2D eigenvalue weighted by Crippen LogP contribution is -2.03. The van der Waals surface area contributed by atoms with E-state index < -0.39 is 5.97 Å². The van der Waals surface area contributed by atoms with Crippen LogP contribution in [0.5, 0.6) is 11.5 Å². The third-order valence-corrected chi connectivity index (χ3v) is 9.24. The smallest absolute Gasteiger partial charge is 0.335 e. The summed E-state index contributed by atoms with van der Waals surface area (Å²) >= 11 is 0. The van der Waals surface area contributed by atoms with Gasteiger partial charge in [-0.2, -0.15) is 10.2 Å². The van der Waals surface area contributed by atoms with Crippen LogP contribution >= 0.6 is 0 Å². The van der Waals surface area contributed by atoms with Gasteiger partial charge in [-0.05, 0) is 72.5 Å². The van der Waals surface area contributed by atoms with Gasteiger partial charge in [0.05, 0.1) is 30.2 Å². The van der Waals surface area contributed by atoms with E-state index in [1.807, 2.05) is 24.3 Å². The number of rotatable bonds is 29. The number of aromatic carboxylic acids is 1. The maximum Gasteiger partial charge on any atom is 0.335 e. The van der Waals surface area contributed by atoms with Gasteiger partial charge in [-0.25, -0.2) is 4.79 Å². The van der Waals surface area contributed by atoms with Gasteiger partial charge in [-0.1, -0.05) is 160 Å². The molecule has 0 bridgehead atoms. The van der Waals surface area contributed by atoms with Crippen molar-refractivity contribution >= 4 is 29.5 Å². The number of carboxylic acids is 1. The molecule has 0 atom stereocenters. The predicted octanol–water partition coefficient (Wildman–Crippen LogP) is 14.6. The number of azo groups is 1. The van der Waals surface area contributed by atoms with Crippen LogP contribution in [-0.4, -0.2) is 24.3 Å². The zero-order valence-corrected chi connectivity index (χ0v) is 31.6. The molecule has 0 aromatic heterocycles. The van der Waals surface area contributed by atoms with Crippen molar-refractivity contribution in [1.29, 1.82) is 0 Å². The second-order valence-corrected chi connectivity index (χ2v) is 13.7. The number of unbranched alkanes of at least 4 members (excludes halogenated alkanes) is 18. The zero-order valence-electron chi connectivity index (χ0n) is 31.6. The molecular formula is C45H64N2O4. The van der Waals surface area contributed by atoms with Gasteiger partial charge >= 0.3 is 5.97 Å². The third-order valence-electron chi connectivity index (χ3n) is 9.24. The number of ether oxygens (including phenoxy) is 2. The minimum atomic E-state index is -0.959. The molecule has 0 aliphatic rings. The Morgan fingerprint density at radius 3 is 1.37 bits per heavy atom. The topological polar surface area (TPSA) is 80.5 Å². The summed E-state index contributed by atoms with van der Waals surface area (Å²) in [5, 5.41) is 17.6. The van der Waals surface area contributed by atoms with Crippen LogP contribution in [0.15, 0.2) is 77.0 Å².